The summed E-state index contributed by atoms with van der Waals surface area (Å²) < 4.78 is 6.76. The van der Waals surface area contributed by atoms with Gasteiger partial charge >= 0.3 is 0 Å². The Kier molecular flexibility index (Phi) is 5.51. The number of hydrogen-bond donors (Lipinski definition) is 0. The minimum atomic E-state index is -0.184. The lowest BCUT2D eigenvalue weighted by Crippen LogP contribution is -2.32. The molecule has 6 heteroatoms. The highest BCUT2D eigenvalue weighted by Gasteiger charge is 2.25. The summed E-state index contributed by atoms with van der Waals surface area (Å²) in [7, 11) is 0. The number of benzene rings is 3. The van der Waals surface area contributed by atoms with Crippen molar-refractivity contribution in [3.05, 3.63) is 82.9 Å². The van der Waals surface area contributed by atoms with Gasteiger partial charge in [0.2, 0.25) is 0 Å². The number of nitrogens with zero attached hydrogens (tertiary/aromatic N) is 2. The van der Waals surface area contributed by atoms with Gasteiger partial charge in [0.05, 0.1) is 15.9 Å². The molecule has 0 fully saturated rings. The summed E-state index contributed by atoms with van der Waals surface area (Å²) in [6, 6.07) is 20.8. The molecule has 0 unspecified atom stereocenters. The first-order chi connectivity index (χ1) is 14.0. The van der Waals surface area contributed by atoms with Crippen molar-refractivity contribution in [1.82, 2.24) is 4.98 Å². The lowest BCUT2D eigenvalue weighted by atomic mass is 10.1. The molecule has 0 N–H and O–H groups in total. The number of carbonyl (C=O) groups is 1. The topological polar surface area (TPSA) is 42.4 Å². The fourth-order valence-corrected chi connectivity index (χ4v) is 4.30. The number of hydrogen-bond acceptors (Lipinski definition) is 4. The molecule has 4 nitrogen and oxygen atoms in total. The number of rotatable bonds is 5. The quantitative estimate of drug-likeness (QED) is 0.378. The van der Waals surface area contributed by atoms with Gasteiger partial charge in [0.15, 0.2) is 11.7 Å². The van der Waals surface area contributed by atoms with E-state index in [2.05, 4.69) is 0 Å². The summed E-state index contributed by atoms with van der Waals surface area (Å²) in [5.74, 6) is 0.407. The first kappa shape index (κ1) is 19.4. The standard InChI is InChI=1S/C23H19ClN2O2S/c1-15-6-5-7-16(2)22(15)26(23-25-19-8-3-4-9-20(19)29-23)21(27)14-28-18-12-10-17(24)11-13-18/h3-13H,14H2,1-2H3. The number of fused-ring (bicyclic) bond motifs is 1. The molecule has 0 saturated carbocycles. The van der Waals surface area contributed by atoms with Gasteiger partial charge in [-0.2, -0.15) is 0 Å². The van der Waals surface area contributed by atoms with E-state index in [0.717, 1.165) is 27.0 Å². The third-order valence-electron chi connectivity index (χ3n) is 4.56. The number of ether oxygens (including phenoxy) is 1. The predicted molar refractivity (Wildman–Crippen MR) is 120 cm³/mol. The van der Waals surface area contributed by atoms with Gasteiger partial charge in [0.1, 0.15) is 5.75 Å². The third kappa shape index (κ3) is 4.11. The van der Waals surface area contributed by atoms with Gasteiger partial charge in [-0.15, -0.1) is 0 Å². The number of aromatic nitrogens is 1. The van der Waals surface area contributed by atoms with Gasteiger partial charge < -0.3 is 4.74 Å². The Morgan fingerprint density at radius 3 is 2.38 bits per heavy atom. The Morgan fingerprint density at radius 1 is 1.00 bits per heavy atom. The van der Waals surface area contributed by atoms with Crippen molar-refractivity contribution in [2.45, 2.75) is 13.8 Å². The minimum absolute atomic E-state index is 0.106. The van der Waals surface area contributed by atoms with Gasteiger partial charge in [0.25, 0.3) is 5.91 Å². The molecule has 0 aliphatic heterocycles. The molecular formula is C23H19ClN2O2S. The van der Waals surface area contributed by atoms with Gasteiger partial charge in [-0.05, 0) is 61.4 Å². The van der Waals surface area contributed by atoms with Crippen LogP contribution in [0.4, 0.5) is 10.8 Å². The molecule has 0 spiro atoms. The van der Waals surface area contributed by atoms with Crippen LogP contribution in [0.1, 0.15) is 11.1 Å². The normalized spacial score (nSPS) is 10.9. The lowest BCUT2D eigenvalue weighted by molar-refractivity contribution is -0.119. The number of aryl methyl sites for hydroxylation is 2. The second-order valence-corrected chi connectivity index (χ2v) is 8.12. The highest BCUT2D eigenvalue weighted by Crippen LogP contribution is 2.36. The first-order valence-electron chi connectivity index (χ1n) is 9.16. The zero-order valence-electron chi connectivity index (χ0n) is 16.1. The van der Waals surface area contributed by atoms with Gasteiger partial charge in [0, 0.05) is 5.02 Å². The van der Waals surface area contributed by atoms with Gasteiger partial charge in [-0.1, -0.05) is 53.3 Å². The molecule has 29 heavy (non-hydrogen) atoms. The summed E-state index contributed by atoms with van der Waals surface area (Å²) in [4.78, 5) is 19.7. The monoisotopic (exact) mass is 422 g/mol. The molecule has 0 bridgehead atoms. The number of para-hydroxylation sites is 2. The molecule has 3 aromatic carbocycles. The number of halogens is 1. The van der Waals surface area contributed by atoms with E-state index in [9.17, 15) is 4.79 Å². The van der Waals surface area contributed by atoms with E-state index in [1.807, 2.05) is 56.3 Å². The Bertz CT molecular complexity index is 1120. The number of carbonyl (C=O) groups excluding carboxylic acids is 1. The fourth-order valence-electron chi connectivity index (χ4n) is 3.18. The van der Waals surface area contributed by atoms with E-state index in [0.29, 0.717) is 15.9 Å². The predicted octanol–water partition coefficient (Wildman–Crippen LogP) is 6.31. The van der Waals surface area contributed by atoms with Crippen LogP contribution < -0.4 is 9.64 Å². The average Bonchev–Trinajstić information content (AvgIpc) is 3.13. The van der Waals surface area contributed by atoms with Crippen LogP contribution in [0, 0.1) is 13.8 Å². The van der Waals surface area contributed by atoms with Crippen molar-refractivity contribution < 1.29 is 9.53 Å². The third-order valence-corrected chi connectivity index (χ3v) is 5.84. The maximum Gasteiger partial charge on any atom is 0.271 e. The average molecular weight is 423 g/mol. The molecule has 1 aromatic heterocycles. The molecule has 0 saturated heterocycles. The van der Waals surface area contributed by atoms with Crippen LogP contribution in [0.15, 0.2) is 66.7 Å². The van der Waals surface area contributed by atoms with Crippen LogP contribution in [0.25, 0.3) is 10.2 Å². The van der Waals surface area contributed by atoms with Crippen LogP contribution >= 0.6 is 22.9 Å². The SMILES string of the molecule is Cc1cccc(C)c1N(C(=O)COc1ccc(Cl)cc1)c1nc2ccccc2s1. The molecule has 1 amide bonds. The maximum atomic E-state index is 13.3. The second-order valence-electron chi connectivity index (χ2n) is 6.68. The molecule has 4 aromatic rings. The van der Waals surface area contributed by atoms with Crippen molar-refractivity contribution in [1.29, 1.82) is 0 Å². The van der Waals surface area contributed by atoms with Crippen LogP contribution in [0.3, 0.4) is 0 Å². The Hall–Kier alpha value is -2.89. The zero-order chi connectivity index (χ0) is 20.4. The molecule has 0 radical (unpaired) electrons. The maximum absolute atomic E-state index is 13.3. The van der Waals surface area contributed by atoms with E-state index in [4.69, 9.17) is 21.3 Å². The molecule has 0 aliphatic carbocycles. The van der Waals surface area contributed by atoms with Crippen LogP contribution in [-0.4, -0.2) is 17.5 Å². The van der Waals surface area contributed by atoms with E-state index in [1.54, 1.807) is 29.2 Å². The molecule has 0 atom stereocenters. The number of thiazole rings is 1. The molecular weight excluding hydrogens is 404 g/mol. The Balaban J connectivity index is 1.71. The molecule has 4 rings (SSSR count). The van der Waals surface area contributed by atoms with E-state index in [1.165, 1.54) is 11.3 Å². The van der Waals surface area contributed by atoms with Crippen molar-refractivity contribution in [3.63, 3.8) is 0 Å². The van der Waals surface area contributed by atoms with Crippen molar-refractivity contribution in [3.8, 4) is 5.75 Å². The minimum Gasteiger partial charge on any atom is -0.484 e. The van der Waals surface area contributed by atoms with E-state index in [-0.39, 0.29) is 12.5 Å². The lowest BCUT2D eigenvalue weighted by Gasteiger charge is -2.24. The molecule has 146 valence electrons. The van der Waals surface area contributed by atoms with Crippen molar-refractivity contribution in [2.75, 3.05) is 11.5 Å². The zero-order valence-corrected chi connectivity index (χ0v) is 17.6. The fraction of sp³-hybridized carbons (Fsp3) is 0.130. The van der Waals surface area contributed by atoms with E-state index >= 15 is 0 Å². The Labute approximate surface area is 178 Å². The largest absolute Gasteiger partial charge is 0.484 e. The number of anilines is 2. The summed E-state index contributed by atoms with van der Waals surface area (Å²) in [6.07, 6.45) is 0. The molecule has 1 heterocycles. The highest BCUT2D eigenvalue weighted by molar-refractivity contribution is 7.22. The molecule has 0 aliphatic rings. The summed E-state index contributed by atoms with van der Waals surface area (Å²) in [5.41, 5.74) is 3.72. The first-order valence-corrected chi connectivity index (χ1v) is 10.4. The smallest absolute Gasteiger partial charge is 0.271 e. The summed E-state index contributed by atoms with van der Waals surface area (Å²) in [5, 5.41) is 1.25. The van der Waals surface area contributed by atoms with Crippen LogP contribution in [0.5, 0.6) is 5.75 Å². The summed E-state index contributed by atoms with van der Waals surface area (Å²) in [6.45, 7) is 3.89. The summed E-state index contributed by atoms with van der Waals surface area (Å²) >= 11 is 7.41. The van der Waals surface area contributed by atoms with Gasteiger partial charge in [-0.25, -0.2) is 4.98 Å². The number of amides is 1. The van der Waals surface area contributed by atoms with Gasteiger partial charge in [-0.3, -0.25) is 9.69 Å². The van der Waals surface area contributed by atoms with E-state index < -0.39 is 0 Å². The van der Waals surface area contributed by atoms with Crippen molar-refractivity contribution in [2.24, 2.45) is 0 Å². The second kappa shape index (κ2) is 8.23. The highest BCUT2D eigenvalue weighted by atomic mass is 35.5. The van der Waals surface area contributed by atoms with Crippen LogP contribution in [-0.2, 0) is 4.79 Å². The Morgan fingerprint density at radius 2 is 1.69 bits per heavy atom. The van der Waals surface area contributed by atoms with Crippen LogP contribution in [0.2, 0.25) is 5.02 Å². The van der Waals surface area contributed by atoms with Crippen molar-refractivity contribution >= 4 is 49.9 Å².